The van der Waals surface area contributed by atoms with Gasteiger partial charge in [-0.25, -0.2) is 0 Å². The lowest BCUT2D eigenvalue weighted by Crippen LogP contribution is -1.77. The van der Waals surface area contributed by atoms with Crippen molar-refractivity contribution in [3.05, 3.63) is 52.4 Å². The number of hydrogen-bond donors (Lipinski definition) is 0. The normalized spacial score (nSPS) is 9.79. The molecule has 0 unspecified atom stereocenters. The number of aryl methyl sites for hydroxylation is 1. The van der Waals surface area contributed by atoms with Crippen molar-refractivity contribution >= 4 is 16.5 Å². The highest BCUT2D eigenvalue weighted by Crippen LogP contribution is 2.28. The highest BCUT2D eigenvalue weighted by molar-refractivity contribution is 5.95. The fourth-order valence-electron chi connectivity index (χ4n) is 1.64. The predicted octanol–water partition coefficient (Wildman–Crippen LogP) is 4.09. The van der Waals surface area contributed by atoms with Gasteiger partial charge in [0.25, 0.3) is 0 Å². The van der Waals surface area contributed by atoms with Gasteiger partial charge in [0.1, 0.15) is 0 Å². The van der Waals surface area contributed by atoms with Crippen LogP contribution in [0.1, 0.15) is 5.56 Å². The summed E-state index contributed by atoms with van der Waals surface area (Å²) in [6, 6.07) is 11.8. The van der Waals surface area contributed by atoms with Gasteiger partial charge < -0.3 is 0 Å². The Labute approximate surface area is 81.6 Å². The molecule has 0 aliphatic heterocycles. The van der Waals surface area contributed by atoms with Crippen molar-refractivity contribution in [1.82, 2.24) is 0 Å². The molecule has 3 heteroatoms. The number of nitrogens with zero attached hydrogens (tertiary/aromatic N) is 3. The number of fused-ring (bicyclic) bond motifs is 1. The molecule has 0 aromatic heterocycles. The molecule has 2 aromatic carbocycles. The Balaban J connectivity index is 2.90. The fourth-order valence-corrected chi connectivity index (χ4v) is 1.64. The van der Waals surface area contributed by atoms with Crippen molar-refractivity contribution in [2.45, 2.75) is 6.92 Å². The Morgan fingerprint density at radius 3 is 2.57 bits per heavy atom. The monoisotopic (exact) mass is 183 g/mol. The number of hydrogen-bond acceptors (Lipinski definition) is 1. The summed E-state index contributed by atoms with van der Waals surface area (Å²) in [6.45, 7) is 2.01. The van der Waals surface area contributed by atoms with Crippen LogP contribution in [0, 0.1) is 6.92 Å². The zero-order valence-electron chi connectivity index (χ0n) is 7.81. The topological polar surface area (TPSA) is 48.8 Å². The van der Waals surface area contributed by atoms with E-state index in [1.807, 2.05) is 43.3 Å². The molecule has 0 heterocycles. The summed E-state index contributed by atoms with van der Waals surface area (Å²) < 4.78 is 0. The molecule has 0 saturated carbocycles. The number of azide groups is 1. The Hall–Kier alpha value is -1.99. The van der Waals surface area contributed by atoms with E-state index in [1.54, 1.807) is 0 Å². The van der Waals surface area contributed by atoms with E-state index in [-0.39, 0.29) is 0 Å². The SMILES string of the molecule is Cc1cccc2cccc(N=[N+]=[N-])c12. The van der Waals surface area contributed by atoms with E-state index in [4.69, 9.17) is 5.53 Å². The van der Waals surface area contributed by atoms with Crippen LogP contribution in [-0.2, 0) is 0 Å². The minimum atomic E-state index is 0.697. The molecule has 14 heavy (non-hydrogen) atoms. The highest BCUT2D eigenvalue weighted by Gasteiger charge is 2.00. The molecule has 68 valence electrons. The van der Waals surface area contributed by atoms with Crippen LogP contribution in [0.25, 0.3) is 21.2 Å². The maximum Gasteiger partial charge on any atom is 0.0456 e. The molecule has 0 fully saturated rings. The van der Waals surface area contributed by atoms with Crippen LogP contribution >= 0.6 is 0 Å². The van der Waals surface area contributed by atoms with E-state index in [2.05, 4.69) is 10.0 Å². The first-order valence-corrected chi connectivity index (χ1v) is 4.36. The highest BCUT2D eigenvalue weighted by atomic mass is 15.1. The molecule has 0 saturated heterocycles. The van der Waals surface area contributed by atoms with Gasteiger partial charge in [-0.1, -0.05) is 41.5 Å². The lowest BCUT2D eigenvalue weighted by molar-refractivity contribution is 1.47. The Kier molecular flexibility index (Phi) is 2.09. The lowest BCUT2D eigenvalue weighted by Gasteiger charge is -2.03. The molecular formula is C11H9N3. The predicted molar refractivity (Wildman–Crippen MR) is 57.5 cm³/mol. The zero-order chi connectivity index (χ0) is 9.97. The number of rotatable bonds is 1. The third-order valence-electron chi connectivity index (χ3n) is 2.24. The van der Waals surface area contributed by atoms with Crippen LogP contribution in [0.15, 0.2) is 41.5 Å². The van der Waals surface area contributed by atoms with Crippen molar-refractivity contribution in [3.63, 3.8) is 0 Å². The maximum absolute atomic E-state index is 8.43. The molecule has 0 spiro atoms. The first kappa shape index (κ1) is 8.60. The zero-order valence-corrected chi connectivity index (χ0v) is 7.81. The third kappa shape index (κ3) is 1.30. The second-order valence-corrected chi connectivity index (χ2v) is 3.14. The van der Waals surface area contributed by atoms with E-state index < -0.39 is 0 Å². The third-order valence-corrected chi connectivity index (χ3v) is 2.24. The molecule has 0 radical (unpaired) electrons. The van der Waals surface area contributed by atoms with Crippen molar-refractivity contribution in [1.29, 1.82) is 0 Å². The lowest BCUT2D eigenvalue weighted by atomic mass is 10.0. The first-order chi connectivity index (χ1) is 6.83. The number of benzene rings is 2. The molecule has 0 bridgehead atoms. The van der Waals surface area contributed by atoms with Gasteiger partial charge in [-0.3, -0.25) is 0 Å². The summed E-state index contributed by atoms with van der Waals surface area (Å²) in [5, 5.41) is 5.82. The van der Waals surface area contributed by atoms with Gasteiger partial charge in [-0.2, -0.15) is 0 Å². The quantitative estimate of drug-likeness (QED) is 0.363. The van der Waals surface area contributed by atoms with E-state index in [1.165, 1.54) is 0 Å². The average molecular weight is 183 g/mol. The molecule has 0 aliphatic rings. The van der Waals surface area contributed by atoms with Gasteiger partial charge in [0.15, 0.2) is 0 Å². The Morgan fingerprint density at radius 2 is 1.86 bits per heavy atom. The van der Waals surface area contributed by atoms with Gasteiger partial charge in [0, 0.05) is 10.6 Å². The van der Waals surface area contributed by atoms with Crippen LogP contribution in [0.2, 0.25) is 0 Å². The molecule has 0 aliphatic carbocycles. The van der Waals surface area contributed by atoms with Crippen LogP contribution < -0.4 is 0 Å². The maximum atomic E-state index is 8.43. The summed E-state index contributed by atoms with van der Waals surface area (Å²) in [6.07, 6.45) is 0. The van der Waals surface area contributed by atoms with Crippen LogP contribution in [-0.4, -0.2) is 0 Å². The minimum absolute atomic E-state index is 0.697. The van der Waals surface area contributed by atoms with E-state index in [0.29, 0.717) is 5.69 Å². The Morgan fingerprint density at radius 1 is 1.14 bits per heavy atom. The van der Waals surface area contributed by atoms with Crippen molar-refractivity contribution in [2.24, 2.45) is 5.11 Å². The fraction of sp³-hybridized carbons (Fsp3) is 0.0909. The molecule has 3 nitrogen and oxygen atoms in total. The van der Waals surface area contributed by atoms with E-state index in [0.717, 1.165) is 16.3 Å². The smallest absolute Gasteiger partial charge is 0.0456 e. The summed E-state index contributed by atoms with van der Waals surface area (Å²) in [7, 11) is 0. The summed E-state index contributed by atoms with van der Waals surface area (Å²) >= 11 is 0. The Bertz CT molecular complexity index is 520. The summed E-state index contributed by atoms with van der Waals surface area (Å²) in [5.74, 6) is 0. The van der Waals surface area contributed by atoms with Gasteiger partial charge in [-0.15, -0.1) is 0 Å². The first-order valence-electron chi connectivity index (χ1n) is 4.36. The van der Waals surface area contributed by atoms with Crippen molar-refractivity contribution in [3.8, 4) is 0 Å². The molecule has 0 N–H and O–H groups in total. The molecule has 2 aromatic rings. The second kappa shape index (κ2) is 3.40. The van der Waals surface area contributed by atoms with Crippen molar-refractivity contribution < 1.29 is 0 Å². The van der Waals surface area contributed by atoms with E-state index >= 15 is 0 Å². The van der Waals surface area contributed by atoms with Gasteiger partial charge in [-0.05, 0) is 28.8 Å². The van der Waals surface area contributed by atoms with Gasteiger partial charge >= 0.3 is 0 Å². The second-order valence-electron chi connectivity index (χ2n) is 3.14. The van der Waals surface area contributed by atoms with Crippen LogP contribution in [0.5, 0.6) is 0 Å². The molecule has 2 rings (SSSR count). The molecular weight excluding hydrogens is 174 g/mol. The van der Waals surface area contributed by atoms with Gasteiger partial charge in [0.05, 0.1) is 0 Å². The minimum Gasteiger partial charge on any atom is -0.0614 e. The van der Waals surface area contributed by atoms with E-state index in [9.17, 15) is 0 Å². The average Bonchev–Trinajstić information content (AvgIpc) is 2.19. The molecule has 0 amide bonds. The molecule has 0 atom stereocenters. The standard InChI is InChI=1S/C11H9N3/c1-8-4-2-5-9-6-3-7-10(11(8)9)13-14-12/h2-7H,1H3. The van der Waals surface area contributed by atoms with Crippen molar-refractivity contribution in [2.75, 3.05) is 0 Å². The summed E-state index contributed by atoms with van der Waals surface area (Å²) in [5.41, 5.74) is 10.3. The van der Waals surface area contributed by atoms with Crippen LogP contribution in [0.4, 0.5) is 5.69 Å². The van der Waals surface area contributed by atoms with Gasteiger partial charge in [0.2, 0.25) is 0 Å². The summed E-state index contributed by atoms with van der Waals surface area (Å²) in [4.78, 5) is 2.82. The van der Waals surface area contributed by atoms with Crippen LogP contribution in [0.3, 0.4) is 0 Å². The largest absolute Gasteiger partial charge is 0.0614 e.